The van der Waals surface area contributed by atoms with Gasteiger partial charge in [-0.2, -0.15) is 13.2 Å². The van der Waals surface area contributed by atoms with Crippen LogP contribution in [0.15, 0.2) is 24.3 Å². The van der Waals surface area contributed by atoms with Crippen molar-refractivity contribution in [2.24, 2.45) is 0 Å². The Labute approximate surface area is 167 Å². The van der Waals surface area contributed by atoms with E-state index in [1.165, 1.54) is 12.1 Å². The van der Waals surface area contributed by atoms with E-state index in [1.54, 1.807) is 24.5 Å². The van der Waals surface area contributed by atoms with Crippen LogP contribution < -0.4 is 0 Å². The summed E-state index contributed by atoms with van der Waals surface area (Å²) in [5, 5.41) is -0.343. The van der Waals surface area contributed by atoms with E-state index in [0.29, 0.717) is 29.2 Å². The first kappa shape index (κ1) is 20.9. The van der Waals surface area contributed by atoms with Gasteiger partial charge in [0, 0.05) is 48.8 Å². The SMILES string of the molecule is Cc1cc(C(=O)CN2CCN(C)CC2)c(C)n1-c1ccc(Cl)c(C(F)(F)F)c1. The van der Waals surface area contributed by atoms with Gasteiger partial charge in [-0.1, -0.05) is 11.6 Å². The molecule has 2 heterocycles. The number of alkyl halides is 3. The molecule has 0 N–H and O–H groups in total. The third-order valence-electron chi connectivity index (χ3n) is 5.21. The first-order valence-electron chi connectivity index (χ1n) is 9.08. The molecule has 4 nitrogen and oxygen atoms in total. The lowest BCUT2D eigenvalue weighted by Crippen LogP contribution is -2.46. The van der Waals surface area contributed by atoms with E-state index in [4.69, 9.17) is 11.6 Å². The van der Waals surface area contributed by atoms with Crippen LogP contribution in [0.2, 0.25) is 5.02 Å². The Morgan fingerprint density at radius 1 is 1.11 bits per heavy atom. The number of ketones is 1. The van der Waals surface area contributed by atoms with Crippen molar-refractivity contribution in [3.8, 4) is 5.69 Å². The summed E-state index contributed by atoms with van der Waals surface area (Å²) in [5.74, 6) is -0.0195. The number of halogens is 4. The molecule has 1 saturated heterocycles. The molecule has 2 aromatic rings. The highest BCUT2D eigenvalue weighted by Gasteiger charge is 2.33. The largest absolute Gasteiger partial charge is 0.417 e. The van der Waals surface area contributed by atoms with Crippen molar-refractivity contribution in [2.45, 2.75) is 20.0 Å². The summed E-state index contributed by atoms with van der Waals surface area (Å²) >= 11 is 5.73. The van der Waals surface area contributed by atoms with Crippen LogP contribution in [0.1, 0.15) is 27.3 Å². The molecule has 1 aliphatic heterocycles. The van der Waals surface area contributed by atoms with Gasteiger partial charge in [0.1, 0.15) is 0 Å². The summed E-state index contributed by atoms with van der Waals surface area (Å²) in [7, 11) is 2.05. The van der Waals surface area contributed by atoms with E-state index < -0.39 is 11.7 Å². The minimum Gasteiger partial charge on any atom is -0.318 e. The second-order valence-corrected chi connectivity index (χ2v) is 7.69. The monoisotopic (exact) mass is 413 g/mol. The molecule has 1 aromatic carbocycles. The van der Waals surface area contributed by atoms with E-state index in [9.17, 15) is 18.0 Å². The summed E-state index contributed by atoms with van der Waals surface area (Å²) in [6.45, 7) is 7.33. The summed E-state index contributed by atoms with van der Waals surface area (Å²) in [6, 6.07) is 5.54. The molecule has 0 unspecified atom stereocenters. The maximum Gasteiger partial charge on any atom is 0.417 e. The number of nitrogens with zero attached hydrogens (tertiary/aromatic N) is 3. The topological polar surface area (TPSA) is 28.5 Å². The molecule has 0 atom stereocenters. The summed E-state index contributed by atoms with van der Waals surface area (Å²) in [6.07, 6.45) is -4.54. The van der Waals surface area contributed by atoms with Crippen LogP contribution in [0.5, 0.6) is 0 Å². The first-order valence-corrected chi connectivity index (χ1v) is 9.46. The van der Waals surface area contributed by atoms with E-state index in [0.717, 1.165) is 32.2 Å². The van der Waals surface area contributed by atoms with Crippen LogP contribution in [-0.2, 0) is 6.18 Å². The van der Waals surface area contributed by atoms with Crippen molar-refractivity contribution in [2.75, 3.05) is 39.8 Å². The second-order valence-electron chi connectivity index (χ2n) is 7.28. The number of piperazine rings is 1. The van der Waals surface area contributed by atoms with E-state index in [2.05, 4.69) is 9.80 Å². The Bertz CT molecular complexity index is 884. The molecule has 3 rings (SSSR count). The van der Waals surface area contributed by atoms with Crippen molar-refractivity contribution in [1.29, 1.82) is 0 Å². The molecule has 0 bridgehead atoms. The van der Waals surface area contributed by atoms with Crippen molar-refractivity contribution in [3.63, 3.8) is 0 Å². The van der Waals surface area contributed by atoms with E-state index in [1.807, 2.05) is 7.05 Å². The van der Waals surface area contributed by atoms with Gasteiger partial charge in [0.25, 0.3) is 0 Å². The van der Waals surface area contributed by atoms with Gasteiger partial charge in [-0.25, -0.2) is 0 Å². The Kier molecular flexibility index (Phi) is 5.89. The highest BCUT2D eigenvalue weighted by atomic mass is 35.5. The summed E-state index contributed by atoms with van der Waals surface area (Å²) in [5.41, 5.74) is 1.33. The lowest BCUT2D eigenvalue weighted by atomic mass is 10.1. The molecule has 1 aliphatic rings. The number of aryl methyl sites for hydroxylation is 1. The lowest BCUT2D eigenvalue weighted by Gasteiger charge is -2.31. The van der Waals surface area contributed by atoms with E-state index >= 15 is 0 Å². The average Bonchev–Trinajstić information content (AvgIpc) is 2.91. The molecule has 28 heavy (non-hydrogen) atoms. The van der Waals surface area contributed by atoms with Gasteiger partial charge < -0.3 is 9.47 Å². The third kappa shape index (κ3) is 4.26. The van der Waals surface area contributed by atoms with Gasteiger partial charge in [-0.3, -0.25) is 9.69 Å². The van der Waals surface area contributed by atoms with Gasteiger partial charge in [0.2, 0.25) is 0 Å². The molecule has 0 saturated carbocycles. The first-order chi connectivity index (χ1) is 13.1. The fourth-order valence-electron chi connectivity index (χ4n) is 3.61. The minimum atomic E-state index is -4.54. The zero-order valence-electron chi connectivity index (χ0n) is 16.1. The molecule has 1 aromatic heterocycles. The molecule has 0 aliphatic carbocycles. The number of carbonyl (C=O) groups excluding carboxylic acids is 1. The number of hydrogen-bond acceptors (Lipinski definition) is 3. The Hall–Kier alpha value is -1.83. The summed E-state index contributed by atoms with van der Waals surface area (Å²) in [4.78, 5) is 17.1. The zero-order valence-corrected chi connectivity index (χ0v) is 16.9. The fourth-order valence-corrected chi connectivity index (χ4v) is 3.83. The Morgan fingerprint density at radius 3 is 2.36 bits per heavy atom. The molecule has 0 radical (unpaired) electrons. The quantitative estimate of drug-likeness (QED) is 0.703. The molecule has 8 heteroatoms. The molecule has 0 amide bonds. The molecular weight excluding hydrogens is 391 g/mol. The predicted molar refractivity (Wildman–Crippen MR) is 104 cm³/mol. The average molecular weight is 414 g/mol. The lowest BCUT2D eigenvalue weighted by molar-refractivity contribution is -0.137. The maximum absolute atomic E-state index is 13.2. The van der Waals surface area contributed by atoms with Gasteiger partial charge in [-0.05, 0) is 45.2 Å². The van der Waals surface area contributed by atoms with Crippen LogP contribution in [0.4, 0.5) is 13.2 Å². The normalized spacial score (nSPS) is 16.5. The standard InChI is InChI=1S/C20H23ClF3N3O/c1-13-10-16(19(28)12-26-8-6-25(3)7-9-26)14(2)27(13)15-4-5-18(21)17(11-15)20(22,23)24/h4-5,10-11H,6-9,12H2,1-3H3. The highest BCUT2D eigenvalue weighted by Crippen LogP contribution is 2.36. The van der Waals surface area contributed by atoms with Crippen LogP contribution >= 0.6 is 11.6 Å². The number of hydrogen-bond donors (Lipinski definition) is 0. The van der Waals surface area contributed by atoms with Gasteiger partial charge in [-0.15, -0.1) is 0 Å². The number of aromatic nitrogens is 1. The van der Waals surface area contributed by atoms with Crippen molar-refractivity contribution in [3.05, 3.63) is 51.8 Å². The maximum atomic E-state index is 13.2. The zero-order chi connectivity index (χ0) is 20.6. The van der Waals surface area contributed by atoms with Crippen LogP contribution in [0.3, 0.4) is 0 Å². The van der Waals surface area contributed by atoms with Crippen LogP contribution in [0.25, 0.3) is 5.69 Å². The van der Waals surface area contributed by atoms with Gasteiger partial charge in [0.15, 0.2) is 5.78 Å². The Balaban J connectivity index is 1.89. The van der Waals surface area contributed by atoms with Crippen LogP contribution in [-0.4, -0.2) is 59.9 Å². The number of rotatable bonds is 4. The van der Waals surface area contributed by atoms with Crippen molar-refractivity contribution in [1.82, 2.24) is 14.4 Å². The van der Waals surface area contributed by atoms with Gasteiger partial charge >= 0.3 is 6.18 Å². The minimum absolute atomic E-state index is 0.0195. The summed E-state index contributed by atoms with van der Waals surface area (Å²) < 4.78 is 41.3. The third-order valence-corrected chi connectivity index (χ3v) is 5.54. The molecule has 0 spiro atoms. The fraction of sp³-hybridized carbons (Fsp3) is 0.450. The second kappa shape index (κ2) is 7.89. The van der Waals surface area contributed by atoms with Gasteiger partial charge in [0.05, 0.1) is 17.1 Å². The predicted octanol–water partition coefficient (Wildman–Crippen LogP) is 4.20. The molecule has 1 fully saturated rings. The van der Waals surface area contributed by atoms with Crippen LogP contribution in [0, 0.1) is 13.8 Å². The molecule has 152 valence electrons. The number of Topliss-reactive ketones (excluding diaryl/α,β-unsaturated/α-hetero) is 1. The Morgan fingerprint density at radius 2 is 1.75 bits per heavy atom. The number of benzene rings is 1. The smallest absolute Gasteiger partial charge is 0.318 e. The molecular formula is C20H23ClF3N3O. The highest BCUT2D eigenvalue weighted by molar-refractivity contribution is 6.31. The van der Waals surface area contributed by atoms with Crippen molar-refractivity contribution < 1.29 is 18.0 Å². The van der Waals surface area contributed by atoms with Crippen molar-refractivity contribution >= 4 is 17.4 Å². The van der Waals surface area contributed by atoms with E-state index in [-0.39, 0.29) is 10.8 Å². The number of carbonyl (C=O) groups is 1. The number of likely N-dealkylation sites (N-methyl/N-ethyl adjacent to an activating group) is 1.